The molecule has 0 aliphatic heterocycles. The molecule has 10 heteroatoms. The number of amides is 1. The van der Waals surface area contributed by atoms with Crippen molar-refractivity contribution in [3.63, 3.8) is 0 Å². The van der Waals surface area contributed by atoms with Crippen LogP contribution in [-0.4, -0.2) is 41.5 Å². The van der Waals surface area contributed by atoms with E-state index in [-0.39, 0.29) is 11.6 Å². The van der Waals surface area contributed by atoms with Crippen molar-refractivity contribution in [3.8, 4) is 22.9 Å². The molecule has 0 atom stereocenters. The maximum Gasteiger partial charge on any atom is 0.387 e. The van der Waals surface area contributed by atoms with E-state index in [9.17, 15) is 13.6 Å². The van der Waals surface area contributed by atoms with Gasteiger partial charge < -0.3 is 19.5 Å². The van der Waals surface area contributed by atoms with Gasteiger partial charge in [-0.15, -0.1) is 5.10 Å². The van der Waals surface area contributed by atoms with Crippen LogP contribution in [0.3, 0.4) is 0 Å². The summed E-state index contributed by atoms with van der Waals surface area (Å²) in [6.45, 7) is -1.23. The van der Waals surface area contributed by atoms with Crippen LogP contribution >= 0.6 is 0 Å². The fourth-order valence-corrected chi connectivity index (χ4v) is 2.60. The van der Waals surface area contributed by atoms with Crippen molar-refractivity contribution < 1.29 is 27.8 Å². The molecule has 1 amide bonds. The van der Waals surface area contributed by atoms with Crippen LogP contribution in [0.15, 0.2) is 42.5 Å². The van der Waals surface area contributed by atoms with Gasteiger partial charge >= 0.3 is 6.61 Å². The summed E-state index contributed by atoms with van der Waals surface area (Å²) in [5, 5.41) is 6.88. The second-order valence-corrected chi connectivity index (χ2v) is 5.79. The van der Waals surface area contributed by atoms with Gasteiger partial charge in [-0.2, -0.15) is 8.78 Å². The SMILES string of the molecule is COc1ccc(NC(=O)c2nc(C)n(-c3ccc(OC(F)F)cc3)n2)cc1OC. The lowest BCUT2D eigenvalue weighted by Crippen LogP contribution is -2.14. The number of nitrogens with zero attached hydrogens (tertiary/aromatic N) is 3. The fraction of sp³-hybridized carbons (Fsp3) is 0.211. The molecule has 0 fully saturated rings. The summed E-state index contributed by atoms with van der Waals surface area (Å²) in [4.78, 5) is 16.7. The number of nitrogens with one attached hydrogen (secondary N) is 1. The number of anilines is 1. The molecule has 0 unspecified atom stereocenters. The molecule has 1 heterocycles. The summed E-state index contributed by atoms with van der Waals surface area (Å²) in [5.41, 5.74) is 1.02. The molecule has 0 aliphatic rings. The van der Waals surface area contributed by atoms with Gasteiger partial charge in [-0.05, 0) is 43.3 Å². The Morgan fingerprint density at radius 2 is 1.76 bits per heavy atom. The molecule has 0 spiro atoms. The molecular formula is C19H18F2N4O4. The zero-order chi connectivity index (χ0) is 21.0. The van der Waals surface area contributed by atoms with Crippen LogP contribution in [0.2, 0.25) is 0 Å². The highest BCUT2D eigenvalue weighted by Crippen LogP contribution is 2.29. The standard InChI is InChI=1S/C19H18F2N4O4/c1-11-22-17(18(26)23-12-4-9-15(27-2)16(10-12)28-3)24-25(11)13-5-7-14(8-6-13)29-19(20)21/h4-10,19H,1-3H3,(H,23,26). The molecule has 0 aliphatic carbocycles. The second kappa shape index (κ2) is 8.55. The van der Waals surface area contributed by atoms with Crippen LogP contribution in [0.25, 0.3) is 5.69 Å². The van der Waals surface area contributed by atoms with Gasteiger partial charge in [0.1, 0.15) is 11.6 Å². The van der Waals surface area contributed by atoms with Crippen LogP contribution in [-0.2, 0) is 0 Å². The van der Waals surface area contributed by atoms with Gasteiger partial charge in [-0.3, -0.25) is 4.79 Å². The van der Waals surface area contributed by atoms with Crippen LogP contribution in [0.4, 0.5) is 14.5 Å². The Bertz CT molecular complexity index is 1010. The minimum atomic E-state index is -2.90. The molecule has 152 valence electrons. The molecular weight excluding hydrogens is 386 g/mol. The topological polar surface area (TPSA) is 87.5 Å². The van der Waals surface area contributed by atoms with Crippen LogP contribution in [0.1, 0.15) is 16.4 Å². The number of halogens is 2. The van der Waals surface area contributed by atoms with E-state index in [1.807, 2.05) is 0 Å². The predicted octanol–water partition coefficient (Wildman–Crippen LogP) is 3.45. The van der Waals surface area contributed by atoms with Gasteiger partial charge in [0.2, 0.25) is 5.82 Å². The van der Waals surface area contributed by atoms with E-state index in [4.69, 9.17) is 9.47 Å². The highest BCUT2D eigenvalue weighted by Gasteiger charge is 2.17. The largest absolute Gasteiger partial charge is 0.493 e. The molecule has 3 rings (SSSR count). The van der Waals surface area contributed by atoms with Crippen LogP contribution in [0, 0.1) is 6.92 Å². The summed E-state index contributed by atoms with van der Waals surface area (Å²) in [6, 6.07) is 10.8. The quantitative estimate of drug-likeness (QED) is 0.649. The van der Waals surface area contributed by atoms with Gasteiger partial charge in [0, 0.05) is 11.8 Å². The third kappa shape index (κ3) is 4.60. The van der Waals surface area contributed by atoms with E-state index in [0.29, 0.717) is 28.7 Å². The molecule has 0 saturated heterocycles. The molecule has 0 saturated carbocycles. The number of alkyl halides is 2. The molecule has 1 aromatic heterocycles. The lowest BCUT2D eigenvalue weighted by molar-refractivity contribution is -0.0498. The smallest absolute Gasteiger partial charge is 0.387 e. The van der Waals surface area contributed by atoms with Gasteiger partial charge in [0.05, 0.1) is 19.9 Å². The van der Waals surface area contributed by atoms with Crippen LogP contribution in [0.5, 0.6) is 17.2 Å². The number of aryl methyl sites for hydroxylation is 1. The van der Waals surface area contributed by atoms with Crippen molar-refractivity contribution in [1.82, 2.24) is 14.8 Å². The fourth-order valence-electron chi connectivity index (χ4n) is 2.60. The van der Waals surface area contributed by atoms with E-state index in [1.54, 1.807) is 25.1 Å². The molecule has 1 N–H and O–H groups in total. The first-order chi connectivity index (χ1) is 13.9. The number of carbonyl (C=O) groups is 1. The van der Waals surface area contributed by atoms with Gasteiger partial charge in [-0.25, -0.2) is 9.67 Å². The van der Waals surface area contributed by atoms with E-state index in [1.165, 1.54) is 43.2 Å². The first-order valence-electron chi connectivity index (χ1n) is 8.43. The minimum absolute atomic E-state index is 0.0212. The van der Waals surface area contributed by atoms with Crippen molar-refractivity contribution in [3.05, 3.63) is 54.1 Å². The predicted molar refractivity (Wildman–Crippen MR) is 100 cm³/mol. The third-order valence-corrected chi connectivity index (χ3v) is 3.92. The third-order valence-electron chi connectivity index (χ3n) is 3.92. The number of methoxy groups -OCH3 is 2. The summed E-state index contributed by atoms with van der Waals surface area (Å²) in [5.74, 6) is 0.897. The Labute approximate surface area is 165 Å². The number of hydrogen-bond acceptors (Lipinski definition) is 6. The summed E-state index contributed by atoms with van der Waals surface area (Å²) < 4.78 is 40.6. The average molecular weight is 404 g/mol. The number of rotatable bonds is 7. The highest BCUT2D eigenvalue weighted by atomic mass is 19.3. The molecule has 8 nitrogen and oxygen atoms in total. The Morgan fingerprint density at radius 1 is 1.07 bits per heavy atom. The van der Waals surface area contributed by atoms with E-state index in [2.05, 4.69) is 20.1 Å². The lowest BCUT2D eigenvalue weighted by Gasteiger charge is -2.09. The van der Waals surface area contributed by atoms with Crippen molar-refractivity contribution in [1.29, 1.82) is 0 Å². The maximum absolute atomic E-state index is 12.5. The molecule has 29 heavy (non-hydrogen) atoms. The van der Waals surface area contributed by atoms with Crippen LogP contribution < -0.4 is 19.5 Å². The zero-order valence-corrected chi connectivity index (χ0v) is 15.8. The second-order valence-electron chi connectivity index (χ2n) is 5.79. The molecule has 2 aromatic carbocycles. The number of benzene rings is 2. The Balaban J connectivity index is 1.78. The maximum atomic E-state index is 12.5. The molecule has 0 radical (unpaired) electrons. The summed E-state index contributed by atoms with van der Waals surface area (Å²) >= 11 is 0. The number of aromatic nitrogens is 3. The van der Waals surface area contributed by atoms with Gasteiger partial charge in [0.15, 0.2) is 11.5 Å². The van der Waals surface area contributed by atoms with Crippen molar-refractivity contribution in [2.75, 3.05) is 19.5 Å². The van der Waals surface area contributed by atoms with E-state index < -0.39 is 12.5 Å². The van der Waals surface area contributed by atoms with E-state index in [0.717, 1.165) is 0 Å². The lowest BCUT2D eigenvalue weighted by atomic mass is 10.2. The highest BCUT2D eigenvalue weighted by molar-refractivity contribution is 6.01. The number of ether oxygens (including phenoxy) is 3. The average Bonchev–Trinajstić information content (AvgIpc) is 3.10. The van der Waals surface area contributed by atoms with E-state index >= 15 is 0 Å². The first kappa shape index (κ1) is 20.1. The number of hydrogen-bond donors (Lipinski definition) is 1. The number of carbonyl (C=O) groups excluding carboxylic acids is 1. The Morgan fingerprint density at radius 3 is 2.38 bits per heavy atom. The van der Waals surface area contributed by atoms with Gasteiger partial charge in [-0.1, -0.05) is 0 Å². The van der Waals surface area contributed by atoms with Crippen molar-refractivity contribution in [2.24, 2.45) is 0 Å². The molecule has 3 aromatic rings. The monoisotopic (exact) mass is 404 g/mol. The molecule has 0 bridgehead atoms. The Kier molecular flexibility index (Phi) is 5.91. The van der Waals surface area contributed by atoms with Crippen molar-refractivity contribution in [2.45, 2.75) is 13.5 Å². The van der Waals surface area contributed by atoms with Crippen molar-refractivity contribution >= 4 is 11.6 Å². The Hall–Kier alpha value is -3.69. The van der Waals surface area contributed by atoms with Gasteiger partial charge in [0.25, 0.3) is 5.91 Å². The first-order valence-corrected chi connectivity index (χ1v) is 8.43. The zero-order valence-electron chi connectivity index (χ0n) is 15.8. The minimum Gasteiger partial charge on any atom is -0.493 e. The normalized spacial score (nSPS) is 10.7. The summed E-state index contributed by atoms with van der Waals surface area (Å²) in [7, 11) is 3.01. The summed E-state index contributed by atoms with van der Waals surface area (Å²) in [6.07, 6.45) is 0.